The molecule has 2 nitrogen and oxygen atoms in total. The fourth-order valence-electron chi connectivity index (χ4n) is 2.49. The Kier molecular flexibility index (Phi) is 1.90. The molecule has 1 saturated carbocycles. The SMILES string of the molecule is CN1CNC2(CCCCC2)C1. The maximum atomic E-state index is 3.65. The van der Waals surface area contributed by atoms with Gasteiger partial charge in [-0.3, -0.25) is 10.2 Å². The van der Waals surface area contributed by atoms with Crippen molar-refractivity contribution in [2.45, 2.75) is 37.6 Å². The molecule has 2 aliphatic rings. The topological polar surface area (TPSA) is 15.3 Å². The number of nitrogens with zero attached hydrogens (tertiary/aromatic N) is 1. The third kappa shape index (κ3) is 1.42. The van der Waals surface area contributed by atoms with Gasteiger partial charge in [-0.15, -0.1) is 0 Å². The highest BCUT2D eigenvalue weighted by Crippen LogP contribution is 2.30. The number of hydrogen-bond donors (Lipinski definition) is 1. The molecule has 0 bridgehead atoms. The average molecular weight is 154 g/mol. The van der Waals surface area contributed by atoms with E-state index in [1.165, 1.54) is 38.6 Å². The summed E-state index contributed by atoms with van der Waals surface area (Å²) in [5.74, 6) is 0. The zero-order valence-electron chi connectivity index (χ0n) is 7.40. The van der Waals surface area contributed by atoms with E-state index in [0.717, 1.165) is 6.67 Å². The second-order valence-electron chi connectivity index (χ2n) is 4.19. The number of rotatable bonds is 0. The van der Waals surface area contributed by atoms with Gasteiger partial charge in [-0.05, 0) is 19.9 Å². The van der Waals surface area contributed by atoms with Gasteiger partial charge in [0.05, 0.1) is 0 Å². The Balaban J connectivity index is 1.98. The van der Waals surface area contributed by atoms with E-state index in [0.29, 0.717) is 5.54 Å². The second kappa shape index (κ2) is 2.76. The largest absolute Gasteiger partial charge is 0.297 e. The summed E-state index contributed by atoms with van der Waals surface area (Å²) in [7, 11) is 2.20. The van der Waals surface area contributed by atoms with Gasteiger partial charge in [0.2, 0.25) is 0 Å². The van der Waals surface area contributed by atoms with Gasteiger partial charge in [0.1, 0.15) is 0 Å². The summed E-state index contributed by atoms with van der Waals surface area (Å²) in [4.78, 5) is 2.39. The van der Waals surface area contributed by atoms with Crippen molar-refractivity contribution in [3.63, 3.8) is 0 Å². The van der Waals surface area contributed by atoms with E-state index in [9.17, 15) is 0 Å². The minimum Gasteiger partial charge on any atom is -0.297 e. The van der Waals surface area contributed by atoms with Crippen molar-refractivity contribution >= 4 is 0 Å². The molecule has 1 heterocycles. The minimum absolute atomic E-state index is 0.521. The van der Waals surface area contributed by atoms with E-state index in [2.05, 4.69) is 17.3 Å². The Bertz CT molecular complexity index is 133. The third-order valence-electron chi connectivity index (χ3n) is 3.11. The van der Waals surface area contributed by atoms with E-state index in [1.807, 2.05) is 0 Å². The molecule has 0 radical (unpaired) electrons. The first-order valence-corrected chi connectivity index (χ1v) is 4.74. The fraction of sp³-hybridized carbons (Fsp3) is 1.00. The van der Waals surface area contributed by atoms with Crippen molar-refractivity contribution in [3.05, 3.63) is 0 Å². The first-order chi connectivity index (χ1) is 5.31. The molecule has 2 fully saturated rings. The molecule has 1 aliphatic heterocycles. The first-order valence-electron chi connectivity index (χ1n) is 4.74. The molecule has 2 rings (SSSR count). The van der Waals surface area contributed by atoms with Crippen LogP contribution in [0.15, 0.2) is 0 Å². The van der Waals surface area contributed by atoms with Crippen molar-refractivity contribution in [1.82, 2.24) is 10.2 Å². The third-order valence-corrected chi connectivity index (χ3v) is 3.11. The van der Waals surface area contributed by atoms with Crippen LogP contribution in [0.5, 0.6) is 0 Å². The van der Waals surface area contributed by atoms with Gasteiger partial charge >= 0.3 is 0 Å². The van der Waals surface area contributed by atoms with Crippen molar-refractivity contribution in [2.24, 2.45) is 0 Å². The Labute approximate surface area is 69.0 Å². The summed E-state index contributed by atoms with van der Waals surface area (Å²) >= 11 is 0. The van der Waals surface area contributed by atoms with Crippen molar-refractivity contribution in [1.29, 1.82) is 0 Å². The molecule has 0 unspecified atom stereocenters. The molecule has 0 aromatic rings. The normalized spacial score (nSPS) is 31.4. The lowest BCUT2D eigenvalue weighted by molar-refractivity contribution is 0.264. The van der Waals surface area contributed by atoms with Crippen LogP contribution in [0.2, 0.25) is 0 Å². The van der Waals surface area contributed by atoms with Gasteiger partial charge in [0, 0.05) is 18.8 Å². The number of likely N-dealkylation sites (N-methyl/N-ethyl adjacent to an activating group) is 1. The molecule has 64 valence electrons. The fourth-order valence-corrected chi connectivity index (χ4v) is 2.49. The lowest BCUT2D eigenvalue weighted by Gasteiger charge is -2.33. The number of nitrogens with one attached hydrogen (secondary N) is 1. The van der Waals surface area contributed by atoms with Crippen LogP contribution in [0.25, 0.3) is 0 Å². The lowest BCUT2D eigenvalue weighted by Crippen LogP contribution is -2.44. The van der Waals surface area contributed by atoms with Crippen LogP contribution in [0.3, 0.4) is 0 Å². The van der Waals surface area contributed by atoms with Crippen LogP contribution in [-0.2, 0) is 0 Å². The van der Waals surface area contributed by atoms with Crippen molar-refractivity contribution in [3.8, 4) is 0 Å². The Morgan fingerprint density at radius 1 is 1.18 bits per heavy atom. The quantitative estimate of drug-likeness (QED) is 0.563. The van der Waals surface area contributed by atoms with E-state index in [4.69, 9.17) is 0 Å². The van der Waals surface area contributed by atoms with Gasteiger partial charge in [-0.25, -0.2) is 0 Å². The maximum Gasteiger partial charge on any atom is 0.0483 e. The molecule has 0 atom stereocenters. The van der Waals surface area contributed by atoms with Crippen LogP contribution < -0.4 is 5.32 Å². The average Bonchev–Trinajstić information content (AvgIpc) is 2.34. The second-order valence-corrected chi connectivity index (χ2v) is 4.19. The summed E-state index contributed by atoms with van der Waals surface area (Å²) in [6, 6.07) is 0. The summed E-state index contributed by atoms with van der Waals surface area (Å²) < 4.78 is 0. The van der Waals surface area contributed by atoms with Gasteiger partial charge in [-0.2, -0.15) is 0 Å². The van der Waals surface area contributed by atoms with Gasteiger partial charge in [-0.1, -0.05) is 19.3 Å². The van der Waals surface area contributed by atoms with Crippen LogP contribution in [0.4, 0.5) is 0 Å². The van der Waals surface area contributed by atoms with Crippen LogP contribution in [0.1, 0.15) is 32.1 Å². The highest BCUT2D eigenvalue weighted by Gasteiger charge is 2.36. The van der Waals surface area contributed by atoms with Crippen molar-refractivity contribution < 1.29 is 0 Å². The molecule has 11 heavy (non-hydrogen) atoms. The monoisotopic (exact) mass is 154 g/mol. The molecule has 2 heteroatoms. The highest BCUT2D eigenvalue weighted by molar-refractivity contribution is 4.96. The Hall–Kier alpha value is -0.0800. The van der Waals surface area contributed by atoms with E-state index in [-0.39, 0.29) is 0 Å². The molecule has 1 saturated heterocycles. The predicted molar refractivity (Wildman–Crippen MR) is 46.4 cm³/mol. The minimum atomic E-state index is 0.521. The first kappa shape index (κ1) is 7.56. The summed E-state index contributed by atoms with van der Waals surface area (Å²) in [5, 5.41) is 3.65. The summed E-state index contributed by atoms with van der Waals surface area (Å²) in [6.45, 7) is 2.37. The standard InChI is InChI=1S/C9H18N2/c1-11-7-9(10-8-11)5-3-2-4-6-9/h10H,2-8H2,1H3. The zero-order chi connectivity index (χ0) is 7.73. The molecule has 0 aromatic carbocycles. The van der Waals surface area contributed by atoms with Crippen LogP contribution in [0, 0.1) is 0 Å². The number of hydrogen-bond acceptors (Lipinski definition) is 2. The van der Waals surface area contributed by atoms with Crippen molar-refractivity contribution in [2.75, 3.05) is 20.3 Å². The van der Waals surface area contributed by atoms with E-state index >= 15 is 0 Å². The lowest BCUT2D eigenvalue weighted by atomic mass is 9.82. The molecular weight excluding hydrogens is 136 g/mol. The molecule has 1 spiro atoms. The van der Waals surface area contributed by atoms with Crippen LogP contribution in [-0.4, -0.2) is 30.7 Å². The van der Waals surface area contributed by atoms with Gasteiger partial charge < -0.3 is 0 Å². The molecule has 0 aromatic heterocycles. The summed E-state index contributed by atoms with van der Waals surface area (Å²) in [5.41, 5.74) is 0.521. The molecule has 0 amide bonds. The molecule has 1 N–H and O–H groups in total. The van der Waals surface area contributed by atoms with Gasteiger partial charge in [0.25, 0.3) is 0 Å². The van der Waals surface area contributed by atoms with E-state index < -0.39 is 0 Å². The van der Waals surface area contributed by atoms with Gasteiger partial charge in [0.15, 0.2) is 0 Å². The zero-order valence-corrected chi connectivity index (χ0v) is 7.40. The predicted octanol–water partition coefficient (Wildman–Crippen LogP) is 1.18. The smallest absolute Gasteiger partial charge is 0.0483 e. The Morgan fingerprint density at radius 2 is 1.91 bits per heavy atom. The maximum absolute atomic E-state index is 3.65. The summed E-state index contributed by atoms with van der Waals surface area (Å²) in [6.07, 6.45) is 7.11. The highest BCUT2D eigenvalue weighted by atomic mass is 15.3. The van der Waals surface area contributed by atoms with Crippen LogP contribution >= 0.6 is 0 Å². The Morgan fingerprint density at radius 3 is 2.45 bits per heavy atom. The van der Waals surface area contributed by atoms with E-state index in [1.54, 1.807) is 0 Å². The molecular formula is C9H18N2. The molecule has 1 aliphatic carbocycles.